The van der Waals surface area contributed by atoms with Crippen LogP contribution in [0.25, 0.3) is 0 Å². The van der Waals surface area contributed by atoms with Gasteiger partial charge in [-0.25, -0.2) is 0 Å². The van der Waals surface area contributed by atoms with Gasteiger partial charge in [0.05, 0.1) is 19.3 Å². The molecule has 19 heavy (non-hydrogen) atoms. The smallest absolute Gasteiger partial charge is 0.257 e. The highest BCUT2D eigenvalue weighted by molar-refractivity contribution is 6.18. The third kappa shape index (κ3) is 4.40. The lowest BCUT2D eigenvalue weighted by Crippen LogP contribution is -2.35. The number of nitrogens with zero attached hydrogens (tertiary/aromatic N) is 1. The number of rotatable bonds is 7. The number of carbonyl (C=O) groups is 1. The lowest BCUT2D eigenvalue weighted by molar-refractivity contribution is 0.0704. The largest absolute Gasteiger partial charge is 0.496 e. The van der Waals surface area contributed by atoms with Crippen molar-refractivity contribution in [3.8, 4) is 5.75 Å². The van der Waals surface area contributed by atoms with Gasteiger partial charge < -0.3 is 14.4 Å². The maximum atomic E-state index is 12.5. The first-order valence-corrected chi connectivity index (χ1v) is 6.66. The fourth-order valence-electron chi connectivity index (χ4n) is 1.78. The molecule has 5 heteroatoms. The Morgan fingerprint density at radius 2 is 2.05 bits per heavy atom. The summed E-state index contributed by atoms with van der Waals surface area (Å²) in [6.07, 6.45) is 0. The fourth-order valence-corrected chi connectivity index (χ4v) is 1.98. The normalized spacial score (nSPS) is 10.3. The van der Waals surface area contributed by atoms with Crippen LogP contribution >= 0.6 is 11.6 Å². The minimum atomic E-state index is -0.0850. The Kier molecular flexibility index (Phi) is 6.67. The summed E-state index contributed by atoms with van der Waals surface area (Å²) in [6, 6.07) is 5.55. The molecule has 0 aromatic heterocycles. The molecule has 4 nitrogen and oxygen atoms in total. The van der Waals surface area contributed by atoms with E-state index in [1.807, 2.05) is 19.1 Å². The van der Waals surface area contributed by atoms with Crippen molar-refractivity contribution in [3.63, 3.8) is 0 Å². The van der Waals surface area contributed by atoms with Crippen LogP contribution in [0.2, 0.25) is 0 Å². The van der Waals surface area contributed by atoms with Gasteiger partial charge in [0.2, 0.25) is 0 Å². The Bertz CT molecular complexity index is 423. The van der Waals surface area contributed by atoms with Crippen LogP contribution in [0.3, 0.4) is 0 Å². The summed E-state index contributed by atoms with van der Waals surface area (Å²) in [4.78, 5) is 14.2. The van der Waals surface area contributed by atoms with Gasteiger partial charge in [0.25, 0.3) is 5.91 Å². The van der Waals surface area contributed by atoms with Crippen LogP contribution in [0.15, 0.2) is 18.2 Å². The molecule has 0 spiro atoms. The second-order valence-electron chi connectivity index (χ2n) is 4.18. The highest BCUT2D eigenvalue weighted by atomic mass is 35.5. The summed E-state index contributed by atoms with van der Waals surface area (Å²) in [7, 11) is 3.17. The molecule has 0 aliphatic carbocycles. The maximum absolute atomic E-state index is 12.5. The van der Waals surface area contributed by atoms with Gasteiger partial charge >= 0.3 is 0 Å². The molecule has 1 amide bonds. The van der Waals surface area contributed by atoms with E-state index in [9.17, 15) is 4.79 Å². The average Bonchev–Trinajstić information content (AvgIpc) is 2.42. The number of benzene rings is 1. The van der Waals surface area contributed by atoms with Crippen LogP contribution in [0, 0.1) is 6.92 Å². The average molecular weight is 286 g/mol. The number of ether oxygens (including phenoxy) is 2. The van der Waals surface area contributed by atoms with Crippen molar-refractivity contribution in [2.24, 2.45) is 0 Å². The van der Waals surface area contributed by atoms with E-state index in [1.165, 1.54) is 0 Å². The number of halogens is 1. The number of hydrogen-bond donors (Lipinski definition) is 0. The van der Waals surface area contributed by atoms with E-state index >= 15 is 0 Å². The number of hydrogen-bond acceptors (Lipinski definition) is 3. The van der Waals surface area contributed by atoms with Crippen molar-refractivity contribution in [2.75, 3.05) is 39.8 Å². The number of aryl methyl sites for hydroxylation is 1. The molecule has 0 atom stereocenters. The van der Waals surface area contributed by atoms with E-state index in [-0.39, 0.29) is 5.91 Å². The monoisotopic (exact) mass is 285 g/mol. The zero-order valence-corrected chi connectivity index (χ0v) is 12.4. The molecule has 1 aromatic carbocycles. The van der Waals surface area contributed by atoms with Gasteiger partial charge in [-0.05, 0) is 19.1 Å². The van der Waals surface area contributed by atoms with Crippen LogP contribution in [-0.4, -0.2) is 50.6 Å². The Hall–Kier alpha value is -1.26. The van der Waals surface area contributed by atoms with Gasteiger partial charge in [0, 0.05) is 26.1 Å². The van der Waals surface area contributed by atoms with Crippen LogP contribution in [0.4, 0.5) is 0 Å². The molecule has 0 bridgehead atoms. The lowest BCUT2D eigenvalue weighted by atomic mass is 10.1. The molecule has 0 N–H and O–H groups in total. The molecule has 0 saturated heterocycles. The second kappa shape index (κ2) is 8.02. The number of carbonyl (C=O) groups excluding carboxylic acids is 1. The van der Waals surface area contributed by atoms with E-state index in [0.29, 0.717) is 36.9 Å². The summed E-state index contributed by atoms with van der Waals surface area (Å²) in [5.74, 6) is 0.884. The highest BCUT2D eigenvalue weighted by Crippen LogP contribution is 2.21. The Morgan fingerprint density at radius 3 is 2.63 bits per heavy atom. The zero-order chi connectivity index (χ0) is 14.3. The van der Waals surface area contributed by atoms with Crippen molar-refractivity contribution in [2.45, 2.75) is 6.92 Å². The van der Waals surface area contributed by atoms with Crippen molar-refractivity contribution in [3.05, 3.63) is 29.3 Å². The fraction of sp³-hybridized carbons (Fsp3) is 0.500. The molecule has 0 saturated carbocycles. The molecule has 0 heterocycles. The predicted molar refractivity (Wildman–Crippen MR) is 76.2 cm³/mol. The predicted octanol–water partition coefficient (Wildman–Crippen LogP) is 2.33. The molecule has 106 valence electrons. The molecule has 1 aromatic rings. The Morgan fingerprint density at radius 1 is 1.32 bits per heavy atom. The molecule has 0 unspecified atom stereocenters. The quantitative estimate of drug-likeness (QED) is 0.722. The zero-order valence-electron chi connectivity index (χ0n) is 11.6. The molecule has 0 aliphatic heterocycles. The summed E-state index contributed by atoms with van der Waals surface area (Å²) >= 11 is 5.75. The molecule has 1 rings (SSSR count). The van der Waals surface area contributed by atoms with E-state index in [4.69, 9.17) is 21.1 Å². The van der Waals surface area contributed by atoms with E-state index in [2.05, 4.69) is 0 Å². The van der Waals surface area contributed by atoms with Crippen LogP contribution in [0.1, 0.15) is 15.9 Å². The Balaban J connectivity index is 2.97. The van der Waals surface area contributed by atoms with Crippen molar-refractivity contribution in [1.29, 1.82) is 0 Å². The van der Waals surface area contributed by atoms with Crippen LogP contribution in [-0.2, 0) is 4.74 Å². The maximum Gasteiger partial charge on any atom is 0.257 e. The van der Waals surface area contributed by atoms with Crippen molar-refractivity contribution >= 4 is 17.5 Å². The SMILES string of the molecule is COCCN(CCCl)C(=O)c1cc(C)ccc1OC. The second-order valence-corrected chi connectivity index (χ2v) is 4.56. The van der Waals surface area contributed by atoms with Gasteiger partial charge in [0.1, 0.15) is 5.75 Å². The summed E-state index contributed by atoms with van der Waals surface area (Å²) in [5, 5.41) is 0. The van der Waals surface area contributed by atoms with Crippen molar-refractivity contribution < 1.29 is 14.3 Å². The first-order chi connectivity index (χ1) is 9.13. The topological polar surface area (TPSA) is 38.8 Å². The van der Waals surface area contributed by atoms with Crippen molar-refractivity contribution in [1.82, 2.24) is 4.90 Å². The molecule has 0 aliphatic rings. The van der Waals surface area contributed by atoms with E-state index in [0.717, 1.165) is 5.56 Å². The van der Waals surface area contributed by atoms with E-state index < -0.39 is 0 Å². The Labute approximate surface area is 119 Å². The summed E-state index contributed by atoms with van der Waals surface area (Å²) in [6.45, 7) is 3.42. The van der Waals surface area contributed by atoms with Gasteiger partial charge in [0.15, 0.2) is 0 Å². The minimum Gasteiger partial charge on any atom is -0.496 e. The van der Waals surface area contributed by atoms with Gasteiger partial charge in [-0.15, -0.1) is 11.6 Å². The molecule has 0 radical (unpaired) electrons. The van der Waals surface area contributed by atoms with Gasteiger partial charge in [-0.3, -0.25) is 4.79 Å². The summed E-state index contributed by atoms with van der Waals surface area (Å²) < 4.78 is 10.3. The lowest BCUT2D eigenvalue weighted by Gasteiger charge is -2.22. The van der Waals surface area contributed by atoms with Gasteiger partial charge in [-0.1, -0.05) is 11.6 Å². The molecular weight excluding hydrogens is 266 g/mol. The first-order valence-electron chi connectivity index (χ1n) is 6.12. The number of alkyl halides is 1. The standard InChI is InChI=1S/C14H20ClNO3/c1-11-4-5-13(19-3)12(10-11)14(17)16(7-6-15)8-9-18-2/h4-5,10H,6-9H2,1-3H3. The third-order valence-electron chi connectivity index (χ3n) is 2.79. The number of methoxy groups -OCH3 is 2. The third-order valence-corrected chi connectivity index (χ3v) is 2.96. The van der Waals surface area contributed by atoms with Crippen LogP contribution in [0.5, 0.6) is 5.75 Å². The van der Waals surface area contributed by atoms with Crippen LogP contribution < -0.4 is 4.74 Å². The number of amides is 1. The summed E-state index contributed by atoms with van der Waals surface area (Å²) in [5.41, 5.74) is 1.57. The molecule has 0 fully saturated rings. The minimum absolute atomic E-state index is 0.0850. The van der Waals surface area contributed by atoms with Gasteiger partial charge in [-0.2, -0.15) is 0 Å². The van der Waals surface area contributed by atoms with E-state index in [1.54, 1.807) is 25.2 Å². The molecular formula is C14H20ClNO3. The first kappa shape index (κ1) is 15.8. The highest BCUT2D eigenvalue weighted by Gasteiger charge is 2.19.